The van der Waals surface area contributed by atoms with Gasteiger partial charge in [0, 0.05) is 10.4 Å². The fraction of sp³-hybridized carbons (Fsp3) is 0.571. The Kier molecular flexibility index (Phi) is 3.48. The summed E-state index contributed by atoms with van der Waals surface area (Å²) >= 11 is 6.07. The van der Waals surface area contributed by atoms with Crippen molar-refractivity contribution in [1.29, 1.82) is 0 Å². The van der Waals surface area contributed by atoms with Gasteiger partial charge in [0.2, 0.25) is 0 Å². The third-order valence-electron chi connectivity index (χ3n) is 3.56. The summed E-state index contributed by atoms with van der Waals surface area (Å²) in [5.74, 6) is 0. The van der Waals surface area contributed by atoms with Crippen LogP contribution in [-0.4, -0.2) is 19.8 Å². The highest BCUT2D eigenvalue weighted by Gasteiger charge is 2.43. The van der Waals surface area contributed by atoms with Gasteiger partial charge in [-0.05, 0) is 36.1 Å². The third kappa shape index (κ3) is 2.65. The lowest BCUT2D eigenvalue weighted by atomic mass is 9.68. The Morgan fingerprint density at radius 2 is 2.12 bits per heavy atom. The minimum absolute atomic E-state index is 0.105. The molecule has 0 radical (unpaired) electrons. The van der Waals surface area contributed by atoms with E-state index < -0.39 is 0 Å². The smallest absolute Gasteiger partial charge is 0.0585 e. The maximum absolute atomic E-state index is 6.07. The number of benzene rings is 1. The number of hydrogen-bond donors (Lipinski definition) is 1. The van der Waals surface area contributed by atoms with Crippen molar-refractivity contribution in [3.63, 3.8) is 0 Å². The molecule has 1 saturated heterocycles. The monoisotopic (exact) mass is 253 g/mol. The molecule has 1 aliphatic rings. The van der Waals surface area contributed by atoms with E-state index in [-0.39, 0.29) is 10.8 Å². The van der Waals surface area contributed by atoms with E-state index in [0.717, 1.165) is 24.7 Å². The molecular formula is C14H20ClNO. The molecule has 0 atom stereocenters. The molecule has 0 amide bonds. The molecular weight excluding hydrogens is 234 g/mol. The molecule has 0 saturated carbocycles. The zero-order chi connectivity index (χ0) is 12.5. The largest absolute Gasteiger partial charge is 0.379 e. The van der Waals surface area contributed by atoms with Gasteiger partial charge in [0.1, 0.15) is 0 Å². The molecule has 1 aliphatic heterocycles. The maximum atomic E-state index is 6.07. The van der Waals surface area contributed by atoms with Crippen LogP contribution in [0.3, 0.4) is 0 Å². The van der Waals surface area contributed by atoms with Crippen LogP contribution < -0.4 is 5.73 Å². The first-order valence-electron chi connectivity index (χ1n) is 6.01. The summed E-state index contributed by atoms with van der Waals surface area (Å²) in [5, 5.41) is 0.791. The fourth-order valence-electron chi connectivity index (χ4n) is 2.53. The molecule has 17 heavy (non-hydrogen) atoms. The molecule has 1 aromatic rings. The van der Waals surface area contributed by atoms with Crippen molar-refractivity contribution in [2.75, 3.05) is 19.8 Å². The third-order valence-corrected chi connectivity index (χ3v) is 3.80. The zero-order valence-corrected chi connectivity index (χ0v) is 11.3. The summed E-state index contributed by atoms with van der Waals surface area (Å²) in [7, 11) is 0. The predicted molar refractivity (Wildman–Crippen MR) is 71.4 cm³/mol. The first-order valence-corrected chi connectivity index (χ1v) is 6.39. The van der Waals surface area contributed by atoms with Crippen molar-refractivity contribution < 1.29 is 4.74 Å². The fourth-order valence-corrected chi connectivity index (χ4v) is 2.72. The number of ether oxygens (including phenoxy) is 1. The van der Waals surface area contributed by atoms with Gasteiger partial charge < -0.3 is 10.5 Å². The molecule has 1 heterocycles. The summed E-state index contributed by atoms with van der Waals surface area (Å²) in [6.45, 7) is 6.65. The first-order chi connectivity index (χ1) is 7.97. The van der Waals surface area contributed by atoms with Crippen LogP contribution in [0.1, 0.15) is 25.8 Å². The Balaban J connectivity index is 2.26. The Morgan fingerprint density at radius 3 is 2.59 bits per heavy atom. The van der Waals surface area contributed by atoms with Crippen molar-refractivity contribution in [2.24, 2.45) is 11.1 Å². The lowest BCUT2D eigenvalue weighted by Crippen LogP contribution is -2.50. The highest BCUT2D eigenvalue weighted by molar-refractivity contribution is 6.30. The molecule has 0 bridgehead atoms. The van der Waals surface area contributed by atoms with Crippen LogP contribution in [0.4, 0.5) is 0 Å². The van der Waals surface area contributed by atoms with Gasteiger partial charge in [-0.2, -0.15) is 0 Å². The second-order valence-corrected chi connectivity index (χ2v) is 6.27. The predicted octanol–water partition coefficient (Wildman–Crippen LogP) is 2.98. The van der Waals surface area contributed by atoms with Crippen molar-refractivity contribution in [1.82, 2.24) is 0 Å². The van der Waals surface area contributed by atoms with Crippen LogP contribution in [0.25, 0.3) is 0 Å². The Hall–Kier alpha value is -0.570. The molecule has 2 rings (SSSR count). The van der Waals surface area contributed by atoms with Gasteiger partial charge in [0.25, 0.3) is 0 Å². The van der Waals surface area contributed by atoms with Crippen molar-refractivity contribution in [3.05, 3.63) is 34.9 Å². The summed E-state index contributed by atoms with van der Waals surface area (Å²) in [5.41, 5.74) is 7.35. The molecule has 1 aromatic carbocycles. The highest BCUT2D eigenvalue weighted by atomic mass is 35.5. The molecule has 0 spiro atoms. The second-order valence-electron chi connectivity index (χ2n) is 5.83. The number of halogens is 1. The lowest BCUT2D eigenvalue weighted by Gasteiger charge is -2.46. The SMILES string of the molecule is CC(C)(CN)CC1(c2cccc(Cl)c2)COC1. The Labute approximate surface area is 108 Å². The van der Waals surface area contributed by atoms with Crippen molar-refractivity contribution in [3.8, 4) is 0 Å². The van der Waals surface area contributed by atoms with Gasteiger partial charge in [0.05, 0.1) is 13.2 Å². The normalized spacial score (nSPS) is 18.8. The Morgan fingerprint density at radius 1 is 1.41 bits per heavy atom. The van der Waals surface area contributed by atoms with Gasteiger partial charge in [-0.25, -0.2) is 0 Å². The molecule has 1 fully saturated rings. The summed E-state index contributed by atoms with van der Waals surface area (Å²) in [6, 6.07) is 8.11. The minimum atomic E-state index is 0.105. The van der Waals surface area contributed by atoms with Crippen molar-refractivity contribution >= 4 is 11.6 Å². The van der Waals surface area contributed by atoms with E-state index in [4.69, 9.17) is 22.1 Å². The molecule has 94 valence electrons. The first kappa shape index (κ1) is 12.9. The summed E-state index contributed by atoms with van der Waals surface area (Å²) in [6.07, 6.45) is 1.04. The summed E-state index contributed by atoms with van der Waals surface area (Å²) < 4.78 is 5.44. The van der Waals surface area contributed by atoms with Gasteiger partial charge in [-0.1, -0.05) is 37.6 Å². The quantitative estimate of drug-likeness (QED) is 0.895. The van der Waals surface area contributed by atoms with Gasteiger partial charge in [-0.15, -0.1) is 0 Å². The topological polar surface area (TPSA) is 35.2 Å². The van der Waals surface area contributed by atoms with E-state index in [9.17, 15) is 0 Å². The molecule has 0 aliphatic carbocycles. The molecule has 2 N–H and O–H groups in total. The average Bonchev–Trinajstić information content (AvgIpc) is 2.24. The molecule has 0 aromatic heterocycles. The maximum Gasteiger partial charge on any atom is 0.0585 e. The van der Waals surface area contributed by atoms with E-state index in [1.54, 1.807) is 0 Å². The van der Waals surface area contributed by atoms with Crippen molar-refractivity contribution in [2.45, 2.75) is 25.7 Å². The minimum Gasteiger partial charge on any atom is -0.379 e. The van der Waals surface area contributed by atoms with Crippen LogP contribution in [0, 0.1) is 5.41 Å². The molecule has 0 unspecified atom stereocenters. The number of nitrogens with two attached hydrogens (primary N) is 1. The van der Waals surface area contributed by atoms with E-state index in [1.165, 1.54) is 5.56 Å². The van der Waals surface area contributed by atoms with Crippen LogP contribution in [-0.2, 0) is 10.2 Å². The molecule has 3 heteroatoms. The van der Waals surface area contributed by atoms with E-state index in [1.807, 2.05) is 12.1 Å². The lowest BCUT2D eigenvalue weighted by molar-refractivity contribution is -0.0786. The highest BCUT2D eigenvalue weighted by Crippen LogP contribution is 2.42. The average molecular weight is 254 g/mol. The van der Waals surface area contributed by atoms with Gasteiger partial charge in [0.15, 0.2) is 0 Å². The summed E-state index contributed by atoms with van der Waals surface area (Å²) in [4.78, 5) is 0. The van der Waals surface area contributed by atoms with E-state index in [2.05, 4.69) is 26.0 Å². The van der Waals surface area contributed by atoms with E-state index in [0.29, 0.717) is 6.54 Å². The zero-order valence-electron chi connectivity index (χ0n) is 10.5. The molecule has 2 nitrogen and oxygen atoms in total. The number of rotatable bonds is 4. The van der Waals surface area contributed by atoms with Gasteiger partial charge in [-0.3, -0.25) is 0 Å². The second kappa shape index (κ2) is 4.60. The number of hydrogen-bond acceptors (Lipinski definition) is 2. The Bertz CT molecular complexity index is 399. The van der Waals surface area contributed by atoms with E-state index >= 15 is 0 Å². The van der Waals surface area contributed by atoms with Crippen LogP contribution >= 0.6 is 11.6 Å². The van der Waals surface area contributed by atoms with Crippen LogP contribution in [0.15, 0.2) is 24.3 Å². The standard InChI is InChI=1S/C14H20ClNO/c1-13(2,8-16)7-14(9-17-10-14)11-4-3-5-12(15)6-11/h3-6H,7-10,16H2,1-2H3. The van der Waals surface area contributed by atoms with Crippen LogP contribution in [0.5, 0.6) is 0 Å². The van der Waals surface area contributed by atoms with Crippen LogP contribution in [0.2, 0.25) is 5.02 Å². The van der Waals surface area contributed by atoms with Gasteiger partial charge >= 0.3 is 0 Å².